The molecule has 0 bridgehead atoms. The van der Waals surface area contributed by atoms with Crippen LogP contribution in [0.5, 0.6) is 5.75 Å². The van der Waals surface area contributed by atoms with Crippen molar-refractivity contribution >= 4 is 17.3 Å². The molecular weight excluding hydrogens is 238 g/mol. The van der Waals surface area contributed by atoms with E-state index < -0.39 is 5.97 Å². The topological polar surface area (TPSA) is 48.4 Å². The molecule has 88 valence electrons. The van der Waals surface area contributed by atoms with Gasteiger partial charge in [-0.1, -0.05) is 18.2 Å². The zero-order chi connectivity index (χ0) is 12.1. The molecule has 0 amide bonds. The highest BCUT2D eigenvalue weighted by atomic mass is 32.1. The molecule has 5 heteroatoms. The van der Waals surface area contributed by atoms with Crippen molar-refractivity contribution in [2.45, 2.75) is 6.61 Å². The highest BCUT2D eigenvalue weighted by molar-refractivity contribution is 7.09. The van der Waals surface area contributed by atoms with Crippen LogP contribution in [-0.2, 0) is 11.3 Å². The standard InChI is InChI=1S/C12H11NO3S/c1-15-12(14)10-8-17-11(13-10)7-16-9-5-3-2-4-6-9/h2-6,8H,7H2,1H3. The van der Waals surface area contributed by atoms with Crippen LogP contribution in [0.2, 0.25) is 0 Å². The van der Waals surface area contributed by atoms with Gasteiger partial charge >= 0.3 is 5.97 Å². The van der Waals surface area contributed by atoms with Crippen LogP contribution in [0.4, 0.5) is 0 Å². The Morgan fingerprint density at radius 2 is 2.12 bits per heavy atom. The van der Waals surface area contributed by atoms with Gasteiger partial charge in [0.25, 0.3) is 0 Å². The SMILES string of the molecule is COC(=O)c1csc(COc2ccccc2)n1. The van der Waals surface area contributed by atoms with E-state index in [-0.39, 0.29) is 0 Å². The van der Waals surface area contributed by atoms with Crippen LogP contribution < -0.4 is 4.74 Å². The van der Waals surface area contributed by atoms with Crippen LogP contribution in [0, 0.1) is 0 Å². The fourth-order valence-corrected chi connectivity index (χ4v) is 1.91. The number of rotatable bonds is 4. The number of methoxy groups -OCH3 is 1. The van der Waals surface area contributed by atoms with Gasteiger partial charge in [0.2, 0.25) is 0 Å². The van der Waals surface area contributed by atoms with Gasteiger partial charge in [0.15, 0.2) is 5.69 Å². The number of ether oxygens (including phenoxy) is 2. The van der Waals surface area contributed by atoms with Crippen LogP contribution in [-0.4, -0.2) is 18.1 Å². The number of esters is 1. The lowest BCUT2D eigenvalue weighted by Crippen LogP contribution is -2.02. The van der Waals surface area contributed by atoms with Crippen LogP contribution in [0.25, 0.3) is 0 Å². The van der Waals surface area contributed by atoms with E-state index in [0.717, 1.165) is 10.8 Å². The molecule has 4 nitrogen and oxygen atoms in total. The van der Waals surface area contributed by atoms with E-state index in [9.17, 15) is 4.79 Å². The Labute approximate surface area is 103 Å². The van der Waals surface area contributed by atoms with E-state index in [1.165, 1.54) is 18.4 Å². The Hall–Kier alpha value is -1.88. The molecule has 0 fully saturated rings. The van der Waals surface area contributed by atoms with Crippen molar-refractivity contribution in [2.75, 3.05) is 7.11 Å². The highest BCUT2D eigenvalue weighted by Gasteiger charge is 2.10. The normalized spacial score (nSPS) is 9.94. The van der Waals surface area contributed by atoms with Gasteiger partial charge in [0.1, 0.15) is 17.4 Å². The Balaban J connectivity index is 1.96. The van der Waals surface area contributed by atoms with Crippen molar-refractivity contribution in [3.63, 3.8) is 0 Å². The molecule has 0 unspecified atom stereocenters. The molecule has 0 aliphatic rings. The van der Waals surface area contributed by atoms with E-state index in [1.807, 2.05) is 30.3 Å². The molecule has 1 aromatic carbocycles. The fourth-order valence-electron chi connectivity index (χ4n) is 1.24. The molecule has 17 heavy (non-hydrogen) atoms. The average Bonchev–Trinajstić information content (AvgIpc) is 2.85. The number of benzene rings is 1. The van der Waals surface area contributed by atoms with Crippen molar-refractivity contribution < 1.29 is 14.3 Å². The maximum atomic E-state index is 11.2. The Morgan fingerprint density at radius 3 is 2.82 bits per heavy atom. The third-order valence-corrected chi connectivity index (χ3v) is 2.87. The molecule has 0 saturated heterocycles. The van der Waals surface area contributed by atoms with E-state index in [0.29, 0.717) is 12.3 Å². The monoisotopic (exact) mass is 249 g/mol. The van der Waals surface area contributed by atoms with Gasteiger partial charge in [0.05, 0.1) is 7.11 Å². The largest absolute Gasteiger partial charge is 0.486 e. The number of carbonyl (C=O) groups is 1. The van der Waals surface area contributed by atoms with Gasteiger partial charge in [-0.3, -0.25) is 0 Å². The van der Waals surface area contributed by atoms with Gasteiger partial charge < -0.3 is 9.47 Å². The predicted molar refractivity (Wildman–Crippen MR) is 64.2 cm³/mol. The van der Waals surface area contributed by atoms with Gasteiger partial charge in [-0.2, -0.15) is 0 Å². The van der Waals surface area contributed by atoms with Crippen LogP contribution in [0.3, 0.4) is 0 Å². The molecule has 0 spiro atoms. The molecule has 1 aromatic heterocycles. The van der Waals surface area contributed by atoms with Gasteiger partial charge in [0, 0.05) is 5.38 Å². The zero-order valence-corrected chi connectivity index (χ0v) is 10.1. The van der Waals surface area contributed by atoms with Crippen LogP contribution >= 0.6 is 11.3 Å². The smallest absolute Gasteiger partial charge is 0.357 e. The molecule has 0 radical (unpaired) electrons. The molecule has 0 atom stereocenters. The first kappa shape index (κ1) is 11.6. The number of para-hydroxylation sites is 1. The summed E-state index contributed by atoms with van der Waals surface area (Å²) in [5.41, 5.74) is 0.323. The molecule has 0 saturated carbocycles. The van der Waals surface area contributed by atoms with Crippen molar-refractivity contribution in [3.05, 3.63) is 46.4 Å². The van der Waals surface area contributed by atoms with Crippen molar-refractivity contribution in [1.82, 2.24) is 4.98 Å². The van der Waals surface area contributed by atoms with E-state index in [4.69, 9.17) is 4.74 Å². The van der Waals surface area contributed by atoms with Crippen LogP contribution in [0.1, 0.15) is 15.5 Å². The zero-order valence-electron chi connectivity index (χ0n) is 9.25. The maximum Gasteiger partial charge on any atom is 0.357 e. The summed E-state index contributed by atoms with van der Waals surface area (Å²) in [6, 6.07) is 9.46. The number of thiazole rings is 1. The third-order valence-electron chi connectivity index (χ3n) is 2.05. The van der Waals surface area contributed by atoms with Gasteiger partial charge in [-0.25, -0.2) is 9.78 Å². The summed E-state index contributed by atoms with van der Waals surface area (Å²) in [6.07, 6.45) is 0. The molecular formula is C12H11NO3S. The number of nitrogens with zero attached hydrogens (tertiary/aromatic N) is 1. The van der Waals surface area contributed by atoms with Crippen LogP contribution in [0.15, 0.2) is 35.7 Å². The van der Waals surface area contributed by atoms with E-state index >= 15 is 0 Å². The van der Waals surface area contributed by atoms with E-state index in [1.54, 1.807) is 5.38 Å². The molecule has 2 aromatic rings. The Kier molecular flexibility index (Phi) is 3.72. The lowest BCUT2D eigenvalue weighted by atomic mass is 10.3. The highest BCUT2D eigenvalue weighted by Crippen LogP contribution is 2.15. The van der Waals surface area contributed by atoms with E-state index in [2.05, 4.69) is 9.72 Å². The minimum Gasteiger partial charge on any atom is -0.486 e. The number of hydrogen-bond acceptors (Lipinski definition) is 5. The summed E-state index contributed by atoms with van der Waals surface area (Å²) in [5, 5.41) is 2.41. The predicted octanol–water partition coefficient (Wildman–Crippen LogP) is 2.51. The molecule has 0 aliphatic carbocycles. The van der Waals surface area contributed by atoms with Crippen molar-refractivity contribution in [3.8, 4) is 5.75 Å². The average molecular weight is 249 g/mol. The van der Waals surface area contributed by atoms with Gasteiger partial charge in [-0.15, -0.1) is 11.3 Å². The second-order valence-corrected chi connectivity index (χ2v) is 4.16. The number of hydrogen-bond donors (Lipinski definition) is 0. The third kappa shape index (κ3) is 3.04. The number of carbonyl (C=O) groups excluding carboxylic acids is 1. The quantitative estimate of drug-likeness (QED) is 0.781. The molecule has 1 heterocycles. The second-order valence-electron chi connectivity index (χ2n) is 3.22. The Morgan fingerprint density at radius 1 is 1.35 bits per heavy atom. The number of aromatic nitrogens is 1. The molecule has 0 aliphatic heterocycles. The van der Waals surface area contributed by atoms with Crippen molar-refractivity contribution in [1.29, 1.82) is 0 Å². The summed E-state index contributed by atoms with van der Waals surface area (Å²) < 4.78 is 10.1. The summed E-state index contributed by atoms with van der Waals surface area (Å²) in [4.78, 5) is 15.3. The van der Waals surface area contributed by atoms with Gasteiger partial charge in [-0.05, 0) is 12.1 Å². The molecule has 0 N–H and O–H groups in total. The molecule has 2 rings (SSSR count). The maximum absolute atomic E-state index is 11.2. The summed E-state index contributed by atoms with van der Waals surface area (Å²) >= 11 is 1.38. The summed E-state index contributed by atoms with van der Waals surface area (Å²) in [7, 11) is 1.34. The fraction of sp³-hybridized carbons (Fsp3) is 0.167. The summed E-state index contributed by atoms with van der Waals surface area (Å²) in [5.74, 6) is 0.356. The lowest BCUT2D eigenvalue weighted by Gasteiger charge is -2.02. The first-order chi connectivity index (χ1) is 8.29. The minimum atomic E-state index is -0.424. The lowest BCUT2D eigenvalue weighted by molar-refractivity contribution is 0.0594. The first-order valence-corrected chi connectivity index (χ1v) is 5.88. The minimum absolute atomic E-state index is 0.323. The first-order valence-electron chi connectivity index (χ1n) is 5.00. The summed E-state index contributed by atoms with van der Waals surface area (Å²) in [6.45, 7) is 0.353. The second kappa shape index (κ2) is 5.45. The van der Waals surface area contributed by atoms with Crippen molar-refractivity contribution in [2.24, 2.45) is 0 Å². The Bertz CT molecular complexity index is 495.